The molecule has 0 aliphatic heterocycles. The Morgan fingerprint density at radius 1 is 1.10 bits per heavy atom. The van der Waals surface area contributed by atoms with E-state index in [1.165, 1.54) is 16.9 Å². The minimum atomic E-state index is 0.0343. The summed E-state index contributed by atoms with van der Waals surface area (Å²) in [7, 11) is 0. The maximum Gasteiger partial charge on any atom is 0.233 e. The first-order valence-corrected chi connectivity index (χ1v) is 11.3. The Hall–Kier alpha value is -2.57. The molecule has 0 radical (unpaired) electrons. The first kappa shape index (κ1) is 20.7. The van der Waals surface area contributed by atoms with Crippen LogP contribution < -0.4 is 4.90 Å². The summed E-state index contributed by atoms with van der Waals surface area (Å²) >= 11 is 5.05. The molecule has 4 nitrogen and oxygen atoms in total. The molecule has 4 rings (SSSR count). The number of benzene rings is 2. The molecule has 0 fully saturated rings. The number of hydrogen-bond donors (Lipinski definition) is 0. The number of thiazole rings is 1. The van der Waals surface area contributed by atoms with Crippen LogP contribution in [0.15, 0.2) is 59.3 Å². The van der Waals surface area contributed by atoms with Crippen molar-refractivity contribution in [3.63, 3.8) is 0 Å². The van der Waals surface area contributed by atoms with Crippen LogP contribution in [0, 0.1) is 20.8 Å². The van der Waals surface area contributed by atoms with E-state index in [4.69, 9.17) is 4.98 Å². The summed E-state index contributed by atoms with van der Waals surface area (Å²) in [6.07, 6.45) is 3.88. The molecular formula is C24H22BrN3OS. The van der Waals surface area contributed by atoms with Gasteiger partial charge in [0.25, 0.3) is 0 Å². The third kappa shape index (κ3) is 4.45. The van der Waals surface area contributed by atoms with Gasteiger partial charge in [0.05, 0.1) is 23.2 Å². The number of nitrogens with zero attached hydrogens (tertiary/aromatic N) is 3. The fraction of sp³-hybridized carbons (Fsp3) is 0.208. The zero-order valence-corrected chi connectivity index (χ0v) is 19.5. The number of carbonyl (C=O) groups excluding carboxylic acids is 1. The molecule has 2 aromatic carbocycles. The number of fused-ring (bicyclic) bond motifs is 1. The van der Waals surface area contributed by atoms with Gasteiger partial charge in [-0.2, -0.15) is 0 Å². The second-order valence-electron chi connectivity index (χ2n) is 7.50. The van der Waals surface area contributed by atoms with Crippen LogP contribution in [0.1, 0.15) is 27.8 Å². The largest absolute Gasteiger partial charge is 0.283 e. The Bertz CT molecular complexity index is 1200. The lowest BCUT2D eigenvalue weighted by atomic mass is 9.97. The molecule has 2 heterocycles. The molecule has 0 bridgehead atoms. The fourth-order valence-corrected chi connectivity index (χ4v) is 5.21. The van der Waals surface area contributed by atoms with Crippen molar-refractivity contribution >= 4 is 48.5 Å². The van der Waals surface area contributed by atoms with Gasteiger partial charge in [0, 0.05) is 16.9 Å². The number of anilines is 1. The summed E-state index contributed by atoms with van der Waals surface area (Å²) < 4.78 is 2.05. The Labute approximate surface area is 188 Å². The summed E-state index contributed by atoms with van der Waals surface area (Å²) in [6.45, 7) is 6.67. The van der Waals surface area contributed by atoms with Crippen LogP contribution >= 0.6 is 27.3 Å². The van der Waals surface area contributed by atoms with E-state index in [0.29, 0.717) is 18.1 Å². The molecule has 0 atom stereocenters. The summed E-state index contributed by atoms with van der Waals surface area (Å²) in [5, 5.41) is 0.708. The molecule has 1 amide bonds. The smallest absolute Gasteiger partial charge is 0.233 e. The van der Waals surface area contributed by atoms with Gasteiger partial charge in [0.2, 0.25) is 5.91 Å². The van der Waals surface area contributed by atoms with E-state index >= 15 is 0 Å². The van der Waals surface area contributed by atoms with Gasteiger partial charge in [-0.3, -0.25) is 14.7 Å². The quantitative estimate of drug-likeness (QED) is 0.344. The van der Waals surface area contributed by atoms with E-state index in [2.05, 4.69) is 53.8 Å². The van der Waals surface area contributed by atoms with Crippen LogP contribution in [-0.2, 0) is 17.8 Å². The minimum Gasteiger partial charge on any atom is -0.283 e. The van der Waals surface area contributed by atoms with Crippen molar-refractivity contribution in [2.75, 3.05) is 4.90 Å². The molecule has 0 unspecified atom stereocenters. The molecule has 2 aromatic heterocycles. The summed E-state index contributed by atoms with van der Waals surface area (Å²) in [5.41, 5.74) is 6.47. The van der Waals surface area contributed by atoms with Gasteiger partial charge >= 0.3 is 0 Å². The molecule has 6 heteroatoms. The maximum absolute atomic E-state index is 13.5. The van der Waals surface area contributed by atoms with Gasteiger partial charge in [-0.15, -0.1) is 0 Å². The van der Waals surface area contributed by atoms with Crippen molar-refractivity contribution in [2.24, 2.45) is 0 Å². The monoisotopic (exact) mass is 479 g/mol. The number of pyridine rings is 1. The standard InChI is InChI=1S/C24H22BrN3OS/c1-15-9-16(2)20(17(3)10-15)12-23(29)28(14-18-5-4-8-26-13-18)24-27-21-7-6-19(25)11-22(21)30-24/h4-11,13H,12,14H2,1-3H3. The SMILES string of the molecule is Cc1cc(C)c(CC(=O)N(Cc2cccnc2)c2nc3ccc(Br)cc3s2)c(C)c1. The van der Waals surface area contributed by atoms with Gasteiger partial charge in [0.15, 0.2) is 5.13 Å². The molecule has 0 aliphatic carbocycles. The number of rotatable bonds is 5. The third-order valence-electron chi connectivity index (χ3n) is 5.10. The van der Waals surface area contributed by atoms with E-state index < -0.39 is 0 Å². The number of halogens is 1. The average molecular weight is 480 g/mol. The zero-order chi connectivity index (χ0) is 21.3. The van der Waals surface area contributed by atoms with E-state index in [9.17, 15) is 4.79 Å². The number of hydrogen-bond acceptors (Lipinski definition) is 4. The molecule has 0 N–H and O–H groups in total. The molecule has 152 valence electrons. The highest BCUT2D eigenvalue weighted by molar-refractivity contribution is 9.10. The molecule has 0 spiro atoms. The van der Waals surface area contributed by atoms with Gasteiger partial charge in [-0.1, -0.05) is 51.0 Å². The molecule has 30 heavy (non-hydrogen) atoms. The van der Waals surface area contributed by atoms with Gasteiger partial charge in [0.1, 0.15) is 0 Å². The molecular weight excluding hydrogens is 458 g/mol. The highest BCUT2D eigenvalue weighted by Gasteiger charge is 2.22. The fourth-order valence-electron chi connectivity index (χ4n) is 3.67. The van der Waals surface area contributed by atoms with E-state index in [-0.39, 0.29) is 5.91 Å². The number of aromatic nitrogens is 2. The van der Waals surface area contributed by atoms with Crippen LogP contribution in [0.25, 0.3) is 10.2 Å². The Balaban J connectivity index is 1.71. The lowest BCUT2D eigenvalue weighted by molar-refractivity contribution is -0.118. The topological polar surface area (TPSA) is 46.1 Å². The van der Waals surface area contributed by atoms with Crippen molar-refractivity contribution in [3.05, 3.63) is 87.1 Å². The molecule has 0 saturated carbocycles. The lowest BCUT2D eigenvalue weighted by Crippen LogP contribution is -2.32. The van der Waals surface area contributed by atoms with Crippen LogP contribution in [0.3, 0.4) is 0 Å². The third-order valence-corrected chi connectivity index (χ3v) is 6.64. The maximum atomic E-state index is 13.5. The number of amides is 1. The van der Waals surface area contributed by atoms with Gasteiger partial charge in [-0.25, -0.2) is 4.98 Å². The molecule has 4 aromatic rings. The predicted molar refractivity (Wildman–Crippen MR) is 127 cm³/mol. The van der Waals surface area contributed by atoms with Crippen LogP contribution in [-0.4, -0.2) is 15.9 Å². The first-order chi connectivity index (χ1) is 14.4. The predicted octanol–water partition coefficient (Wildman–Crippen LogP) is 6.15. The number of aryl methyl sites for hydroxylation is 3. The van der Waals surface area contributed by atoms with Gasteiger partial charge < -0.3 is 0 Å². The normalized spacial score (nSPS) is 11.1. The van der Waals surface area contributed by atoms with Crippen LogP contribution in [0.4, 0.5) is 5.13 Å². The minimum absolute atomic E-state index is 0.0343. The van der Waals surface area contributed by atoms with Crippen molar-refractivity contribution < 1.29 is 4.79 Å². The lowest BCUT2D eigenvalue weighted by Gasteiger charge is -2.21. The van der Waals surface area contributed by atoms with Gasteiger partial charge in [-0.05, 0) is 67.3 Å². The second kappa shape index (κ2) is 8.66. The highest BCUT2D eigenvalue weighted by atomic mass is 79.9. The van der Waals surface area contributed by atoms with Crippen molar-refractivity contribution in [3.8, 4) is 0 Å². The van der Waals surface area contributed by atoms with Crippen molar-refractivity contribution in [1.29, 1.82) is 0 Å². The Morgan fingerprint density at radius 3 is 2.57 bits per heavy atom. The summed E-state index contributed by atoms with van der Waals surface area (Å²) in [4.78, 5) is 24.3. The number of carbonyl (C=O) groups is 1. The second-order valence-corrected chi connectivity index (χ2v) is 9.43. The van der Waals surface area contributed by atoms with Crippen molar-refractivity contribution in [2.45, 2.75) is 33.7 Å². The summed E-state index contributed by atoms with van der Waals surface area (Å²) in [6, 6.07) is 14.1. The van der Waals surface area contributed by atoms with Crippen LogP contribution in [0.5, 0.6) is 0 Å². The van der Waals surface area contributed by atoms with E-state index in [0.717, 1.165) is 36.9 Å². The average Bonchev–Trinajstić information content (AvgIpc) is 3.12. The molecule has 0 aliphatic rings. The van der Waals surface area contributed by atoms with E-state index in [1.54, 1.807) is 17.3 Å². The highest BCUT2D eigenvalue weighted by Crippen LogP contribution is 2.32. The zero-order valence-electron chi connectivity index (χ0n) is 17.1. The van der Waals surface area contributed by atoms with Crippen LogP contribution in [0.2, 0.25) is 0 Å². The summed E-state index contributed by atoms with van der Waals surface area (Å²) in [5.74, 6) is 0.0343. The van der Waals surface area contributed by atoms with E-state index in [1.807, 2.05) is 30.3 Å². The van der Waals surface area contributed by atoms with Crippen molar-refractivity contribution in [1.82, 2.24) is 9.97 Å². The first-order valence-electron chi connectivity index (χ1n) is 9.73. The Morgan fingerprint density at radius 2 is 1.87 bits per heavy atom. The molecule has 0 saturated heterocycles. The Kier molecular flexibility index (Phi) is 5.97.